The lowest BCUT2D eigenvalue weighted by Gasteiger charge is -2.45. The molecule has 0 spiro atoms. The van der Waals surface area contributed by atoms with E-state index < -0.39 is 84.6 Å². The maximum atomic E-state index is 14.6. The predicted octanol–water partition coefficient (Wildman–Crippen LogP) is 3.00. The zero-order valence-corrected chi connectivity index (χ0v) is 28.0. The minimum atomic E-state index is -2.95. The molecule has 0 aromatic heterocycles. The van der Waals surface area contributed by atoms with Crippen LogP contribution in [0, 0.1) is 5.92 Å². The normalized spacial score (nSPS) is 27.3. The second-order valence-corrected chi connectivity index (χ2v) is 14.8. The van der Waals surface area contributed by atoms with Crippen LogP contribution >= 0.6 is 0 Å². The van der Waals surface area contributed by atoms with E-state index in [-0.39, 0.29) is 19.0 Å². The average Bonchev–Trinajstić information content (AvgIpc) is 3.50. The molecule has 0 bridgehead atoms. The lowest BCUT2D eigenvalue weighted by atomic mass is 9.82. The number of nitrogens with one attached hydrogen (secondary N) is 2. The van der Waals surface area contributed by atoms with Crippen molar-refractivity contribution in [3.05, 3.63) is 35.4 Å². The van der Waals surface area contributed by atoms with Crippen molar-refractivity contribution in [3.63, 3.8) is 0 Å². The number of fused-ring (bicyclic) bond motifs is 2. The van der Waals surface area contributed by atoms with Crippen LogP contribution in [0.1, 0.15) is 83.4 Å². The second kappa shape index (κ2) is 13.7. The molecule has 2 heterocycles. The first-order valence-electron chi connectivity index (χ1n) is 16.8. The summed E-state index contributed by atoms with van der Waals surface area (Å²) in [5.41, 5.74) is 0.919. The molecule has 1 aromatic rings. The van der Waals surface area contributed by atoms with Gasteiger partial charge in [-0.1, -0.05) is 43.5 Å². The van der Waals surface area contributed by atoms with Crippen LogP contribution in [-0.4, -0.2) is 112 Å². The molecule has 2 aliphatic heterocycles. The number of nitrogens with zero attached hydrogens (tertiary/aromatic N) is 3. The van der Waals surface area contributed by atoms with Crippen molar-refractivity contribution in [2.45, 2.75) is 120 Å². The van der Waals surface area contributed by atoms with Crippen molar-refractivity contribution < 1.29 is 37.8 Å². The van der Waals surface area contributed by atoms with Crippen molar-refractivity contribution in [3.8, 4) is 0 Å². The number of benzene rings is 1. The number of halogens is 2. The van der Waals surface area contributed by atoms with E-state index in [1.54, 1.807) is 32.6 Å². The number of carbonyl (C=O) groups excluding carboxylic acids is 4. The fourth-order valence-corrected chi connectivity index (χ4v) is 7.47. The first-order chi connectivity index (χ1) is 22.0. The summed E-state index contributed by atoms with van der Waals surface area (Å²) in [5.74, 6) is -4.78. The summed E-state index contributed by atoms with van der Waals surface area (Å²) in [6.45, 7) is 6.02. The van der Waals surface area contributed by atoms with Crippen LogP contribution in [0.25, 0.3) is 0 Å². The number of carbonyl (C=O) groups is 4. The number of likely N-dealkylation sites (N-methyl/N-ethyl adjacent to an activating group) is 1. The molecule has 3 N–H and O–H groups in total. The van der Waals surface area contributed by atoms with Gasteiger partial charge in [0.25, 0.3) is 5.92 Å². The van der Waals surface area contributed by atoms with Crippen molar-refractivity contribution in [2.24, 2.45) is 5.92 Å². The van der Waals surface area contributed by atoms with Crippen LogP contribution < -0.4 is 10.6 Å². The zero-order chi connectivity index (χ0) is 34.3. The van der Waals surface area contributed by atoms with Crippen LogP contribution in [-0.2, 0) is 25.5 Å². The van der Waals surface area contributed by atoms with Gasteiger partial charge < -0.3 is 25.4 Å². The molecule has 5 rings (SSSR count). The Balaban J connectivity index is 1.40. The van der Waals surface area contributed by atoms with Gasteiger partial charge in [-0.3, -0.25) is 24.2 Å². The van der Waals surface area contributed by atoms with E-state index in [0.717, 1.165) is 30.4 Å². The van der Waals surface area contributed by atoms with Crippen molar-refractivity contribution in [2.75, 3.05) is 26.7 Å². The molecule has 2 aliphatic carbocycles. The van der Waals surface area contributed by atoms with Gasteiger partial charge in [-0.2, -0.15) is 0 Å². The lowest BCUT2D eigenvalue weighted by molar-refractivity contribution is -0.150. The second-order valence-electron chi connectivity index (χ2n) is 14.8. The summed E-state index contributed by atoms with van der Waals surface area (Å²) in [6.07, 6.45) is 2.45. The maximum absolute atomic E-state index is 14.6. The zero-order valence-electron chi connectivity index (χ0n) is 28.0. The number of amides is 4. The summed E-state index contributed by atoms with van der Waals surface area (Å²) in [6, 6.07) is 2.95. The smallest absolute Gasteiger partial charge is 0.410 e. The third-order valence-corrected chi connectivity index (χ3v) is 10.1. The Bertz CT molecular complexity index is 1350. The Morgan fingerprint density at radius 2 is 1.77 bits per heavy atom. The van der Waals surface area contributed by atoms with Gasteiger partial charge >= 0.3 is 6.09 Å². The van der Waals surface area contributed by atoms with Gasteiger partial charge in [0.05, 0.1) is 18.7 Å². The molecule has 3 fully saturated rings. The molecular weight excluding hydrogens is 612 g/mol. The van der Waals surface area contributed by atoms with Crippen molar-refractivity contribution in [1.82, 2.24) is 25.3 Å². The number of piperazine rings is 1. The largest absolute Gasteiger partial charge is 0.444 e. The van der Waals surface area contributed by atoms with E-state index in [0.29, 0.717) is 19.3 Å². The molecular formula is C34H49F2N5O6. The van der Waals surface area contributed by atoms with Gasteiger partial charge in [0.1, 0.15) is 23.7 Å². The minimum Gasteiger partial charge on any atom is -0.444 e. The van der Waals surface area contributed by atoms with Gasteiger partial charge in [0.15, 0.2) is 0 Å². The highest BCUT2D eigenvalue weighted by atomic mass is 19.3. The first-order valence-corrected chi connectivity index (χ1v) is 16.8. The molecule has 0 radical (unpaired) electrons. The fraction of sp³-hybridized carbons (Fsp3) is 0.706. The number of aliphatic hydroxyl groups is 1. The van der Waals surface area contributed by atoms with Gasteiger partial charge in [-0.15, -0.1) is 0 Å². The highest BCUT2D eigenvalue weighted by Gasteiger charge is 2.52. The van der Waals surface area contributed by atoms with E-state index in [2.05, 4.69) is 10.6 Å². The summed E-state index contributed by atoms with van der Waals surface area (Å²) >= 11 is 0. The summed E-state index contributed by atoms with van der Waals surface area (Å²) in [5, 5.41) is 16.6. The van der Waals surface area contributed by atoms with Crippen LogP contribution in [0.4, 0.5) is 13.6 Å². The standard InChI is InChI=1S/C34H49F2N5O6/c1-20(39(5)32(46)47-33(2,3)4)29(43)37-27(21-11-7-6-8-12-21)31(45)41-17-23-16-34(35,36)19-40(23)18-25(41)30(44)38-28-24-14-10-9-13-22(24)15-26(28)42/h9-10,13-14,20-21,23,25-28,42H,6-8,11-12,15-19H2,1-5H3,(H,37,43)(H,38,44)/t20-,23+,25-,26-,27-,28-/m0/s1. The number of ether oxygens (including phenoxy) is 1. The van der Waals surface area contributed by atoms with Crippen LogP contribution in [0.3, 0.4) is 0 Å². The third-order valence-electron chi connectivity index (χ3n) is 10.1. The Kier molecular flexibility index (Phi) is 10.2. The highest BCUT2D eigenvalue weighted by molar-refractivity contribution is 5.94. The summed E-state index contributed by atoms with van der Waals surface area (Å²) in [4.78, 5) is 59.0. The van der Waals surface area contributed by atoms with Gasteiger partial charge in [0, 0.05) is 39.0 Å². The van der Waals surface area contributed by atoms with Crippen LogP contribution in [0.15, 0.2) is 24.3 Å². The number of hydrogen-bond donors (Lipinski definition) is 3. The Morgan fingerprint density at radius 1 is 1.09 bits per heavy atom. The number of hydrogen-bond acceptors (Lipinski definition) is 7. The Morgan fingerprint density at radius 3 is 2.45 bits per heavy atom. The van der Waals surface area contributed by atoms with Crippen molar-refractivity contribution >= 4 is 23.8 Å². The Hall–Kier alpha value is -3.32. The topological polar surface area (TPSA) is 132 Å². The van der Waals surface area contributed by atoms with Crippen molar-refractivity contribution in [1.29, 1.82) is 0 Å². The maximum Gasteiger partial charge on any atom is 0.410 e. The van der Waals surface area contributed by atoms with Crippen LogP contribution in [0.2, 0.25) is 0 Å². The first kappa shape index (κ1) is 35.0. The van der Waals surface area contributed by atoms with Gasteiger partial charge in [-0.05, 0) is 57.6 Å². The van der Waals surface area contributed by atoms with Gasteiger partial charge in [-0.25, -0.2) is 13.6 Å². The van der Waals surface area contributed by atoms with Crippen LogP contribution in [0.5, 0.6) is 0 Å². The number of rotatable bonds is 7. The molecule has 1 saturated carbocycles. The van der Waals surface area contributed by atoms with E-state index in [4.69, 9.17) is 4.74 Å². The van der Waals surface area contributed by atoms with E-state index in [1.807, 2.05) is 24.3 Å². The summed E-state index contributed by atoms with van der Waals surface area (Å²) in [7, 11) is 1.45. The number of alkyl halides is 2. The molecule has 11 nitrogen and oxygen atoms in total. The average molecular weight is 662 g/mol. The molecule has 4 aliphatic rings. The third kappa shape index (κ3) is 7.88. The molecule has 0 unspecified atom stereocenters. The quantitative estimate of drug-likeness (QED) is 0.410. The molecule has 2 saturated heterocycles. The van der Waals surface area contributed by atoms with E-state index in [9.17, 15) is 33.1 Å². The molecule has 4 amide bonds. The van der Waals surface area contributed by atoms with E-state index >= 15 is 0 Å². The minimum absolute atomic E-state index is 0.0919. The SMILES string of the molecule is C[C@@H](C(=O)N[C@H](C(=O)N1C[C@H]2CC(F)(F)CN2C[C@H]1C(=O)N[C@H]1c2ccccc2C[C@@H]1O)C1CCCCC1)N(C)C(=O)OC(C)(C)C. The highest BCUT2D eigenvalue weighted by Crippen LogP contribution is 2.37. The molecule has 1 aromatic carbocycles. The lowest BCUT2D eigenvalue weighted by Crippen LogP contribution is -2.66. The molecule has 13 heteroatoms. The van der Waals surface area contributed by atoms with E-state index in [1.165, 1.54) is 16.8 Å². The molecule has 260 valence electrons. The van der Waals surface area contributed by atoms with Gasteiger partial charge in [0.2, 0.25) is 17.7 Å². The Labute approximate surface area is 275 Å². The fourth-order valence-electron chi connectivity index (χ4n) is 7.47. The molecule has 47 heavy (non-hydrogen) atoms. The predicted molar refractivity (Wildman–Crippen MR) is 169 cm³/mol. The monoisotopic (exact) mass is 661 g/mol. The summed E-state index contributed by atoms with van der Waals surface area (Å²) < 4.78 is 34.7. The molecule has 6 atom stereocenters. The number of aliphatic hydroxyl groups excluding tert-OH is 1.